The molecule has 18 nitrogen and oxygen atoms in total. The quantitative estimate of drug-likeness (QED) is 0.0484. The van der Waals surface area contributed by atoms with Crippen LogP contribution in [0.25, 0.3) is 21.5 Å². The second-order valence-corrected chi connectivity index (χ2v) is 22.5. The van der Waals surface area contributed by atoms with Crippen molar-refractivity contribution in [3.63, 3.8) is 0 Å². The smallest absolute Gasteiger partial charge is 0.303 e. The third-order valence-electron chi connectivity index (χ3n) is 12.3. The Balaban J connectivity index is 1.42. The predicted molar refractivity (Wildman–Crippen MR) is 247 cm³/mol. The molecule has 0 saturated heterocycles. The van der Waals surface area contributed by atoms with Crippen molar-refractivity contribution >= 4 is 85.1 Å². The number of allylic oxidation sites excluding steroid dienone is 8. The van der Waals surface area contributed by atoms with Crippen LogP contribution in [0.3, 0.4) is 0 Å². The van der Waals surface area contributed by atoms with Gasteiger partial charge in [0.25, 0.3) is 0 Å². The molecule has 0 bridgehead atoms. The topological polar surface area (TPSA) is 291 Å². The van der Waals surface area contributed by atoms with Crippen LogP contribution in [0.1, 0.15) is 64.0 Å². The molecule has 68 heavy (non-hydrogen) atoms. The lowest BCUT2D eigenvalue weighted by Crippen LogP contribution is -2.31. The third kappa shape index (κ3) is 10.5. The molecule has 4 aromatic carbocycles. The highest BCUT2D eigenvalue weighted by Crippen LogP contribution is 2.54. The van der Waals surface area contributed by atoms with Gasteiger partial charge in [0.15, 0.2) is 5.71 Å². The molecule has 0 amide bonds. The van der Waals surface area contributed by atoms with E-state index in [2.05, 4.69) is 0 Å². The number of rotatable bonds is 20. The summed E-state index contributed by atoms with van der Waals surface area (Å²) in [5.41, 5.74) is 1.50. The monoisotopic (exact) mass is 1010 g/mol. The Hall–Kier alpha value is -5.14. The molecule has 2 aliphatic heterocycles. The molecule has 2 heterocycles. The molecule has 0 fully saturated rings. The lowest BCUT2D eigenvalue weighted by Gasteiger charge is -2.30. The second kappa shape index (κ2) is 19.7. The molecule has 0 aliphatic carbocycles. The maximum atomic E-state index is 12.5. The molecule has 6 rings (SSSR count). The lowest BCUT2D eigenvalue weighted by molar-refractivity contribution is -0.438. The fraction of sp³-hybridized carbons (Fsp3) is 0.348. The molecule has 2 aliphatic rings. The molecular formula is C46H49N2O16S4-3. The number of anilines is 1. The van der Waals surface area contributed by atoms with Crippen LogP contribution in [-0.2, 0) is 65.6 Å². The zero-order chi connectivity index (χ0) is 50.2. The zero-order valence-corrected chi connectivity index (χ0v) is 40.9. The van der Waals surface area contributed by atoms with Gasteiger partial charge in [-0.15, -0.1) is 0 Å². The van der Waals surface area contributed by atoms with Gasteiger partial charge in [0.2, 0.25) is 5.69 Å². The number of carbonyl (C=O) groups is 1. The summed E-state index contributed by atoms with van der Waals surface area (Å²) in [6, 6.07) is 9.37. The van der Waals surface area contributed by atoms with Crippen LogP contribution < -0.4 is 4.90 Å². The van der Waals surface area contributed by atoms with Crippen molar-refractivity contribution in [2.45, 2.75) is 83.3 Å². The first-order chi connectivity index (χ1) is 31.7. The van der Waals surface area contributed by atoms with Gasteiger partial charge in [-0.1, -0.05) is 36.4 Å². The van der Waals surface area contributed by atoms with E-state index < -0.39 is 76.9 Å². The van der Waals surface area contributed by atoms with Crippen molar-refractivity contribution in [2.24, 2.45) is 0 Å². The van der Waals surface area contributed by atoms with Crippen molar-refractivity contribution < 1.29 is 75.8 Å². The minimum Gasteiger partial charge on any atom is -0.744 e. The normalized spacial score (nSPS) is 18.4. The first-order valence-corrected chi connectivity index (χ1v) is 26.7. The Morgan fingerprint density at radius 1 is 0.676 bits per heavy atom. The number of carboxylic acid groups (broad SMARTS) is 1. The number of hydrogen-bond donors (Lipinski definition) is 1. The molecular weight excluding hydrogens is 965 g/mol. The summed E-state index contributed by atoms with van der Waals surface area (Å²) in [6.45, 7) is 6.64. The van der Waals surface area contributed by atoms with Crippen LogP contribution in [0.15, 0.2) is 116 Å². The van der Waals surface area contributed by atoms with E-state index in [4.69, 9.17) is 14.6 Å². The van der Waals surface area contributed by atoms with E-state index in [1.807, 2.05) is 42.4 Å². The standard InChI is InChI=1S/C46H52N2O16S4/c1-45(2)40(47(22-13-9-12-16-42(49)50)36-19-17-32-34(43(36)45)26-30(65(51,52)53)28-38(32)67(57,58)59)14-10-7-6-8-11-15-41-46(3,21-24-63-4)44-35-27-31(66(54,55)56)29-39(68(60,61)62)33(35)18-20-37(44)48(41)23-25-64-5/h6-8,10-11,14-15,17-20,26-29H,9,12-13,16,21-25H2,1-5H3,(H4-,49,50,51,52,53,54,55,56,57,58,59,60,61,62)/p-3. The van der Waals surface area contributed by atoms with E-state index in [-0.39, 0.29) is 41.2 Å². The van der Waals surface area contributed by atoms with Crippen molar-refractivity contribution in [3.05, 3.63) is 108 Å². The summed E-state index contributed by atoms with van der Waals surface area (Å²) >= 11 is 0. The summed E-state index contributed by atoms with van der Waals surface area (Å²) in [4.78, 5) is 9.66. The molecule has 1 N–H and O–H groups in total. The molecule has 1 unspecified atom stereocenters. The average molecular weight is 1010 g/mol. The molecule has 366 valence electrons. The number of carboxylic acids is 1. The Bertz CT molecular complexity index is 3320. The van der Waals surface area contributed by atoms with E-state index in [1.54, 1.807) is 42.5 Å². The Kier molecular flexibility index (Phi) is 15.1. The van der Waals surface area contributed by atoms with Gasteiger partial charge in [-0.05, 0) is 104 Å². The predicted octanol–water partition coefficient (Wildman–Crippen LogP) is 5.64. The van der Waals surface area contributed by atoms with Crippen LogP contribution in [0, 0.1) is 0 Å². The van der Waals surface area contributed by atoms with Gasteiger partial charge in [0.05, 0.1) is 31.6 Å². The average Bonchev–Trinajstić information content (AvgIpc) is 3.61. The van der Waals surface area contributed by atoms with Gasteiger partial charge in [0.1, 0.15) is 47.0 Å². The van der Waals surface area contributed by atoms with Crippen LogP contribution >= 0.6 is 0 Å². The number of ether oxygens (including phenoxy) is 2. The Morgan fingerprint density at radius 2 is 1.22 bits per heavy atom. The van der Waals surface area contributed by atoms with Crippen LogP contribution in [0.2, 0.25) is 0 Å². The summed E-state index contributed by atoms with van der Waals surface area (Å²) in [5.74, 6) is -0.931. The molecule has 0 spiro atoms. The molecule has 0 aromatic heterocycles. The van der Waals surface area contributed by atoms with Gasteiger partial charge < -0.3 is 37.7 Å². The summed E-state index contributed by atoms with van der Waals surface area (Å²) < 4.78 is 161. The van der Waals surface area contributed by atoms with Crippen LogP contribution in [0.5, 0.6) is 0 Å². The summed E-state index contributed by atoms with van der Waals surface area (Å²) in [5, 5.41) is 9.24. The van der Waals surface area contributed by atoms with E-state index in [0.717, 1.165) is 12.1 Å². The minimum atomic E-state index is -5.24. The SMILES string of the molecule is COCCN1/C(=C/C=C/C=C/C=C/C2=[N+](CCCCCC(=O)O)c3ccc4c(S(=O)(=O)[O-])cc(S(=O)(=O)[O-])cc4c3C2(C)C)C(C)(CCOC)c2c1ccc1c(S(=O)(=O)[O-])cc(S(=O)(=O)[O-])cc21. The number of fused-ring (bicyclic) bond motifs is 6. The van der Waals surface area contributed by atoms with Crippen molar-refractivity contribution in [2.75, 3.05) is 45.4 Å². The highest BCUT2D eigenvalue weighted by atomic mass is 32.2. The van der Waals surface area contributed by atoms with Gasteiger partial charge in [-0.2, -0.15) is 4.58 Å². The van der Waals surface area contributed by atoms with E-state index in [1.165, 1.54) is 26.4 Å². The van der Waals surface area contributed by atoms with Crippen LogP contribution in [-0.4, -0.2) is 114 Å². The van der Waals surface area contributed by atoms with Crippen molar-refractivity contribution in [1.82, 2.24) is 0 Å². The molecule has 4 aromatic rings. The molecule has 0 saturated carbocycles. The van der Waals surface area contributed by atoms with Gasteiger partial charge in [-0.25, -0.2) is 33.7 Å². The molecule has 0 radical (unpaired) electrons. The third-order valence-corrected chi connectivity index (χ3v) is 15.7. The van der Waals surface area contributed by atoms with Gasteiger partial charge >= 0.3 is 5.97 Å². The summed E-state index contributed by atoms with van der Waals surface area (Å²) in [6.07, 6.45) is 14.1. The number of unbranched alkanes of at least 4 members (excludes halogenated alkanes) is 2. The fourth-order valence-corrected chi connectivity index (χ4v) is 11.9. The van der Waals surface area contributed by atoms with E-state index >= 15 is 0 Å². The maximum Gasteiger partial charge on any atom is 0.303 e. The van der Waals surface area contributed by atoms with Crippen molar-refractivity contribution in [1.29, 1.82) is 0 Å². The van der Waals surface area contributed by atoms with Gasteiger partial charge in [-0.3, -0.25) is 4.79 Å². The Labute approximate surface area is 395 Å². The second-order valence-electron chi connectivity index (χ2n) is 17.0. The van der Waals surface area contributed by atoms with E-state index in [0.29, 0.717) is 84.8 Å². The maximum absolute atomic E-state index is 12.5. The highest BCUT2D eigenvalue weighted by molar-refractivity contribution is 7.87. The minimum absolute atomic E-state index is 0.0237. The largest absolute Gasteiger partial charge is 0.744 e. The number of benzene rings is 4. The number of methoxy groups -OCH3 is 2. The zero-order valence-electron chi connectivity index (χ0n) is 37.6. The summed E-state index contributed by atoms with van der Waals surface area (Å²) in [7, 11) is -17.9. The van der Waals surface area contributed by atoms with Gasteiger partial charge in [0, 0.05) is 80.1 Å². The first-order valence-electron chi connectivity index (χ1n) is 21.1. The van der Waals surface area contributed by atoms with Crippen LogP contribution in [0.4, 0.5) is 11.4 Å². The lowest BCUT2D eigenvalue weighted by atomic mass is 9.76. The van der Waals surface area contributed by atoms with E-state index in [9.17, 15) is 56.7 Å². The number of hydrogen-bond acceptors (Lipinski definition) is 16. The number of aliphatic carboxylic acids is 1. The number of nitrogens with zero attached hydrogens (tertiary/aromatic N) is 2. The fourth-order valence-electron chi connectivity index (χ4n) is 9.27. The molecule has 22 heteroatoms. The molecule has 1 atom stereocenters. The first kappa shape index (κ1) is 52.2. The van der Waals surface area contributed by atoms with Crippen molar-refractivity contribution in [3.8, 4) is 0 Å². The highest BCUT2D eigenvalue weighted by Gasteiger charge is 2.47. The Morgan fingerprint density at radius 3 is 1.76 bits per heavy atom.